The van der Waals surface area contributed by atoms with E-state index in [1.807, 2.05) is 0 Å². The summed E-state index contributed by atoms with van der Waals surface area (Å²) in [6.45, 7) is 0.684. The summed E-state index contributed by atoms with van der Waals surface area (Å²) in [7, 11) is 0. The fourth-order valence-corrected chi connectivity index (χ4v) is 2.44. The highest BCUT2D eigenvalue weighted by atomic mass is 35.5. The van der Waals surface area contributed by atoms with Crippen LogP contribution < -0.4 is 4.72 Å². The van der Waals surface area contributed by atoms with E-state index in [2.05, 4.69) is 9.71 Å². The minimum Gasteiger partial charge on any atom is -0.299 e. The Morgan fingerprint density at radius 3 is 3.27 bits per heavy atom. The summed E-state index contributed by atoms with van der Waals surface area (Å²) in [5.74, 6) is 0. The van der Waals surface area contributed by atoms with Crippen LogP contribution in [-0.4, -0.2) is 11.6 Å². The number of aromatic nitrogens is 1. The zero-order chi connectivity index (χ0) is 7.68. The van der Waals surface area contributed by atoms with E-state index in [9.17, 15) is 0 Å². The number of nitrogens with zero attached hydrogens (tertiary/aromatic N) is 1. The molecule has 0 saturated carbocycles. The van der Waals surface area contributed by atoms with E-state index in [4.69, 9.17) is 15.8 Å². The van der Waals surface area contributed by atoms with Gasteiger partial charge in [0.25, 0.3) is 0 Å². The zero-order valence-corrected chi connectivity index (χ0v) is 7.80. The molecule has 60 valence electrons. The van der Waals surface area contributed by atoms with Crippen LogP contribution in [0.5, 0.6) is 0 Å². The predicted octanol–water partition coefficient (Wildman–Crippen LogP) is 2.02. The highest BCUT2D eigenvalue weighted by Crippen LogP contribution is 2.29. The standard InChI is InChI=1S/C5H5ClN2OS2/c6-5-7-1-4(10-5)3-2-9-11-8-3/h1,3,8H,2H2/t3-/m1/s1. The molecule has 1 N–H and O–H groups in total. The lowest BCUT2D eigenvalue weighted by Gasteiger charge is -1.99. The fourth-order valence-electron chi connectivity index (χ4n) is 0.794. The summed E-state index contributed by atoms with van der Waals surface area (Å²) in [5, 5.41) is 0. The number of halogens is 1. The Bertz CT molecular complexity index is 248. The Morgan fingerprint density at radius 1 is 1.82 bits per heavy atom. The zero-order valence-electron chi connectivity index (χ0n) is 5.41. The molecule has 0 aromatic carbocycles. The molecule has 0 aliphatic carbocycles. The van der Waals surface area contributed by atoms with E-state index in [1.165, 1.54) is 23.6 Å². The molecule has 1 aliphatic heterocycles. The van der Waals surface area contributed by atoms with Crippen LogP contribution in [0.4, 0.5) is 0 Å². The molecule has 0 amide bonds. The average molecular weight is 209 g/mol. The van der Waals surface area contributed by atoms with E-state index < -0.39 is 0 Å². The quantitative estimate of drug-likeness (QED) is 0.566. The van der Waals surface area contributed by atoms with Gasteiger partial charge >= 0.3 is 0 Å². The maximum atomic E-state index is 5.67. The second-order valence-corrected chi connectivity index (χ2v) is 4.34. The number of rotatable bonds is 1. The number of hydrogen-bond acceptors (Lipinski definition) is 5. The first-order valence-electron chi connectivity index (χ1n) is 3.01. The first-order valence-corrected chi connectivity index (χ1v) is 4.95. The van der Waals surface area contributed by atoms with Gasteiger partial charge in [0.15, 0.2) is 4.47 Å². The molecular weight excluding hydrogens is 204 g/mol. The molecule has 2 heterocycles. The van der Waals surface area contributed by atoms with Crippen LogP contribution in [0.25, 0.3) is 0 Å². The van der Waals surface area contributed by atoms with E-state index in [1.54, 1.807) is 6.20 Å². The summed E-state index contributed by atoms with van der Waals surface area (Å²) < 4.78 is 8.74. The molecule has 2 rings (SSSR count). The SMILES string of the molecule is Clc1ncc([C@H]2COSN2)s1. The van der Waals surface area contributed by atoms with Crippen LogP contribution in [0.15, 0.2) is 6.20 Å². The van der Waals surface area contributed by atoms with Crippen LogP contribution in [0, 0.1) is 0 Å². The Kier molecular flexibility index (Phi) is 2.33. The topological polar surface area (TPSA) is 34.1 Å². The van der Waals surface area contributed by atoms with Crippen molar-refractivity contribution in [3.05, 3.63) is 15.5 Å². The van der Waals surface area contributed by atoms with Crippen LogP contribution in [0.3, 0.4) is 0 Å². The van der Waals surface area contributed by atoms with Gasteiger partial charge in [-0.15, -0.1) is 11.3 Å². The normalized spacial score (nSPS) is 24.3. The van der Waals surface area contributed by atoms with E-state index in [0.717, 1.165) is 4.88 Å². The predicted molar refractivity (Wildman–Crippen MR) is 46.5 cm³/mol. The average Bonchev–Trinajstić information content (AvgIpc) is 2.55. The second kappa shape index (κ2) is 3.28. The molecular formula is C5H5ClN2OS2. The Hall–Kier alpha value is 0.190. The second-order valence-electron chi connectivity index (χ2n) is 2.05. The highest BCUT2D eigenvalue weighted by molar-refractivity contribution is 7.92. The number of thiazole rings is 1. The third kappa shape index (κ3) is 1.68. The molecule has 3 nitrogen and oxygen atoms in total. The molecule has 1 aliphatic rings. The summed E-state index contributed by atoms with van der Waals surface area (Å²) in [4.78, 5) is 5.07. The molecule has 0 bridgehead atoms. The van der Waals surface area contributed by atoms with Crippen molar-refractivity contribution < 1.29 is 4.18 Å². The summed E-state index contributed by atoms with van der Waals surface area (Å²) in [6, 6.07) is 0.255. The monoisotopic (exact) mass is 208 g/mol. The van der Waals surface area contributed by atoms with Crippen molar-refractivity contribution in [2.45, 2.75) is 6.04 Å². The highest BCUT2D eigenvalue weighted by Gasteiger charge is 2.20. The van der Waals surface area contributed by atoms with Crippen molar-refractivity contribution in [2.24, 2.45) is 0 Å². The Morgan fingerprint density at radius 2 is 2.73 bits per heavy atom. The van der Waals surface area contributed by atoms with Crippen LogP contribution in [-0.2, 0) is 4.18 Å². The van der Waals surface area contributed by atoms with Gasteiger partial charge in [-0.3, -0.25) is 4.18 Å². The van der Waals surface area contributed by atoms with Crippen LogP contribution in [0.1, 0.15) is 10.9 Å². The molecule has 1 aromatic rings. The summed E-state index contributed by atoms with van der Waals surface area (Å²) in [6.07, 6.45) is 1.78. The maximum Gasteiger partial charge on any atom is 0.183 e. The lowest BCUT2D eigenvalue weighted by molar-refractivity contribution is 0.376. The lowest BCUT2D eigenvalue weighted by Crippen LogP contribution is -2.07. The third-order valence-electron chi connectivity index (χ3n) is 1.32. The van der Waals surface area contributed by atoms with Crippen molar-refractivity contribution in [3.63, 3.8) is 0 Å². The van der Waals surface area contributed by atoms with Gasteiger partial charge in [-0.1, -0.05) is 11.6 Å². The minimum absolute atomic E-state index is 0.255. The van der Waals surface area contributed by atoms with Gasteiger partial charge in [0, 0.05) is 11.1 Å². The van der Waals surface area contributed by atoms with Gasteiger partial charge in [0.2, 0.25) is 0 Å². The minimum atomic E-state index is 0.255. The molecule has 1 saturated heterocycles. The van der Waals surface area contributed by atoms with Crippen molar-refractivity contribution >= 4 is 35.2 Å². The molecule has 0 radical (unpaired) electrons. The molecule has 1 atom stereocenters. The molecule has 1 aromatic heterocycles. The van der Waals surface area contributed by atoms with Gasteiger partial charge in [0.1, 0.15) is 0 Å². The molecule has 0 spiro atoms. The van der Waals surface area contributed by atoms with Gasteiger partial charge in [-0.05, 0) is 0 Å². The van der Waals surface area contributed by atoms with E-state index in [-0.39, 0.29) is 6.04 Å². The maximum absolute atomic E-state index is 5.67. The molecule has 11 heavy (non-hydrogen) atoms. The number of nitrogens with one attached hydrogen (secondary N) is 1. The van der Waals surface area contributed by atoms with Gasteiger partial charge < -0.3 is 0 Å². The summed E-state index contributed by atoms with van der Waals surface area (Å²) >= 11 is 8.43. The molecule has 0 unspecified atom stereocenters. The van der Waals surface area contributed by atoms with E-state index >= 15 is 0 Å². The van der Waals surface area contributed by atoms with Gasteiger partial charge in [-0.25, -0.2) is 9.71 Å². The van der Waals surface area contributed by atoms with Crippen molar-refractivity contribution in [1.29, 1.82) is 0 Å². The lowest BCUT2D eigenvalue weighted by atomic mass is 10.3. The first kappa shape index (κ1) is 7.82. The third-order valence-corrected chi connectivity index (χ3v) is 3.19. The Balaban J connectivity index is 2.15. The molecule has 6 heteroatoms. The summed E-state index contributed by atoms with van der Waals surface area (Å²) in [5.41, 5.74) is 0. The fraction of sp³-hybridized carbons (Fsp3) is 0.400. The first-order chi connectivity index (χ1) is 5.36. The largest absolute Gasteiger partial charge is 0.299 e. The Labute approximate surface area is 77.4 Å². The van der Waals surface area contributed by atoms with Gasteiger partial charge in [-0.2, -0.15) is 0 Å². The van der Waals surface area contributed by atoms with Crippen molar-refractivity contribution in [2.75, 3.05) is 6.61 Å². The van der Waals surface area contributed by atoms with Crippen LogP contribution in [0.2, 0.25) is 4.47 Å². The number of hydrogen-bond donors (Lipinski definition) is 1. The van der Waals surface area contributed by atoms with Gasteiger partial charge in [0.05, 0.1) is 24.9 Å². The molecule has 1 fully saturated rings. The van der Waals surface area contributed by atoms with Crippen LogP contribution >= 0.6 is 35.2 Å². The van der Waals surface area contributed by atoms with Crippen molar-refractivity contribution in [3.8, 4) is 0 Å². The smallest absolute Gasteiger partial charge is 0.183 e. The van der Waals surface area contributed by atoms with E-state index in [0.29, 0.717) is 11.1 Å². The van der Waals surface area contributed by atoms with Crippen molar-refractivity contribution in [1.82, 2.24) is 9.71 Å².